The molecular formula is C15H16F3NO3. The zero-order valence-corrected chi connectivity index (χ0v) is 11.7. The summed E-state index contributed by atoms with van der Waals surface area (Å²) in [5.74, 6) is -3.38. The number of hydrogen-bond donors (Lipinski definition) is 2. The van der Waals surface area contributed by atoms with Crippen LogP contribution in [0.5, 0.6) is 0 Å². The van der Waals surface area contributed by atoms with Gasteiger partial charge in [-0.25, -0.2) is 0 Å². The number of para-hydroxylation sites is 1. The second-order valence-electron chi connectivity index (χ2n) is 5.37. The Bertz CT molecular complexity index is 571. The van der Waals surface area contributed by atoms with Crippen LogP contribution in [0.3, 0.4) is 0 Å². The minimum absolute atomic E-state index is 0.338. The Balaban J connectivity index is 2.20. The number of carbonyl (C=O) groups is 2. The quantitative estimate of drug-likeness (QED) is 0.896. The lowest BCUT2D eigenvalue weighted by Gasteiger charge is -2.27. The minimum atomic E-state index is -4.58. The lowest BCUT2D eigenvalue weighted by molar-refractivity contribution is -0.148. The molecule has 7 heteroatoms. The first kappa shape index (κ1) is 16.3. The van der Waals surface area contributed by atoms with Crippen LogP contribution in [0.4, 0.5) is 18.9 Å². The van der Waals surface area contributed by atoms with E-state index in [-0.39, 0.29) is 5.69 Å². The molecule has 0 spiro atoms. The fourth-order valence-corrected chi connectivity index (χ4v) is 2.81. The second kappa shape index (κ2) is 6.37. The summed E-state index contributed by atoms with van der Waals surface area (Å²) in [6, 6.07) is 4.67. The molecule has 1 fully saturated rings. The van der Waals surface area contributed by atoms with Gasteiger partial charge in [-0.05, 0) is 25.0 Å². The Hall–Kier alpha value is -2.05. The van der Waals surface area contributed by atoms with E-state index in [2.05, 4.69) is 5.32 Å². The molecule has 0 saturated heterocycles. The molecule has 1 aromatic carbocycles. The molecule has 1 saturated carbocycles. The van der Waals surface area contributed by atoms with Gasteiger partial charge in [0, 0.05) is 0 Å². The number of hydrogen-bond acceptors (Lipinski definition) is 2. The molecule has 2 N–H and O–H groups in total. The summed E-state index contributed by atoms with van der Waals surface area (Å²) in [5.41, 5.74) is -1.28. The molecule has 0 unspecified atom stereocenters. The van der Waals surface area contributed by atoms with Crippen molar-refractivity contribution in [1.82, 2.24) is 0 Å². The monoisotopic (exact) mass is 315 g/mol. The third-order valence-electron chi connectivity index (χ3n) is 3.91. The number of carboxylic acids is 1. The average molecular weight is 315 g/mol. The highest BCUT2D eigenvalue weighted by Crippen LogP contribution is 2.36. The van der Waals surface area contributed by atoms with E-state index in [4.69, 9.17) is 5.11 Å². The first-order chi connectivity index (χ1) is 10.3. The number of rotatable bonds is 3. The Morgan fingerprint density at radius 1 is 1.09 bits per heavy atom. The molecule has 1 aromatic rings. The highest BCUT2D eigenvalue weighted by Gasteiger charge is 2.38. The van der Waals surface area contributed by atoms with Crippen LogP contribution in [0, 0.1) is 11.8 Å². The topological polar surface area (TPSA) is 66.4 Å². The van der Waals surface area contributed by atoms with Crippen LogP contribution in [0.25, 0.3) is 0 Å². The van der Waals surface area contributed by atoms with Crippen LogP contribution >= 0.6 is 0 Å². The van der Waals surface area contributed by atoms with Crippen molar-refractivity contribution in [1.29, 1.82) is 0 Å². The molecule has 0 bridgehead atoms. The number of alkyl halides is 3. The summed E-state index contributed by atoms with van der Waals surface area (Å²) < 4.78 is 38.7. The lowest BCUT2D eigenvalue weighted by Crippen LogP contribution is -2.36. The summed E-state index contributed by atoms with van der Waals surface area (Å²) in [4.78, 5) is 23.4. The number of carbonyl (C=O) groups excluding carboxylic acids is 1. The van der Waals surface area contributed by atoms with Crippen molar-refractivity contribution in [2.45, 2.75) is 31.9 Å². The summed E-state index contributed by atoms with van der Waals surface area (Å²) in [6.07, 6.45) is -2.43. The molecule has 1 aliphatic carbocycles. The molecule has 1 amide bonds. The van der Waals surface area contributed by atoms with Gasteiger partial charge < -0.3 is 10.4 Å². The Kier molecular flexibility index (Phi) is 4.73. The SMILES string of the molecule is O=C(Nc1ccccc1C(F)(F)F)[C@H]1CCCC[C@H]1C(=O)O. The Morgan fingerprint density at radius 2 is 1.68 bits per heavy atom. The summed E-state index contributed by atoms with van der Waals surface area (Å²) >= 11 is 0. The molecule has 2 rings (SSSR count). The number of benzene rings is 1. The van der Waals surface area contributed by atoms with Crippen molar-refractivity contribution >= 4 is 17.6 Å². The maximum absolute atomic E-state index is 12.9. The summed E-state index contributed by atoms with van der Waals surface area (Å²) in [6.45, 7) is 0. The first-order valence-electron chi connectivity index (χ1n) is 7.00. The molecule has 120 valence electrons. The van der Waals surface area contributed by atoms with Crippen molar-refractivity contribution in [3.63, 3.8) is 0 Å². The van der Waals surface area contributed by atoms with Gasteiger partial charge in [-0.15, -0.1) is 0 Å². The van der Waals surface area contributed by atoms with E-state index < -0.39 is 35.5 Å². The number of anilines is 1. The van der Waals surface area contributed by atoms with E-state index in [0.717, 1.165) is 6.07 Å². The molecule has 22 heavy (non-hydrogen) atoms. The van der Waals surface area contributed by atoms with Crippen molar-refractivity contribution in [3.8, 4) is 0 Å². The van der Waals surface area contributed by atoms with Gasteiger partial charge in [-0.3, -0.25) is 9.59 Å². The molecule has 0 aromatic heterocycles. The van der Waals surface area contributed by atoms with Gasteiger partial charge in [0.1, 0.15) is 0 Å². The van der Waals surface area contributed by atoms with Gasteiger partial charge >= 0.3 is 12.1 Å². The molecule has 0 aliphatic heterocycles. The van der Waals surface area contributed by atoms with Crippen LogP contribution in [0.15, 0.2) is 24.3 Å². The number of nitrogens with one attached hydrogen (secondary N) is 1. The number of amides is 1. The predicted octanol–water partition coefficient (Wildman–Crippen LogP) is 3.53. The van der Waals surface area contributed by atoms with E-state index in [1.807, 2.05) is 0 Å². The molecule has 0 heterocycles. The molecular weight excluding hydrogens is 299 g/mol. The zero-order valence-electron chi connectivity index (χ0n) is 11.7. The van der Waals surface area contributed by atoms with Crippen molar-refractivity contribution in [2.75, 3.05) is 5.32 Å². The fourth-order valence-electron chi connectivity index (χ4n) is 2.81. The van der Waals surface area contributed by atoms with Crippen LogP contribution in [0.1, 0.15) is 31.2 Å². The first-order valence-corrected chi connectivity index (χ1v) is 7.00. The van der Waals surface area contributed by atoms with Gasteiger partial charge in [0.25, 0.3) is 0 Å². The zero-order chi connectivity index (χ0) is 16.3. The van der Waals surface area contributed by atoms with E-state index in [1.165, 1.54) is 18.2 Å². The average Bonchev–Trinajstić information content (AvgIpc) is 2.46. The smallest absolute Gasteiger partial charge is 0.418 e. The fraction of sp³-hybridized carbons (Fsp3) is 0.467. The van der Waals surface area contributed by atoms with Gasteiger partial charge in [0.15, 0.2) is 0 Å². The predicted molar refractivity (Wildman–Crippen MR) is 73.2 cm³/mol. The lowest BCUT2D eigenvalue weighted by atomic mass is 9.78. The third-order valence-corrected chi connectivity index (χ3v) is 3.91. The highest BCUT2D eigenvalue weighted by atomic mass is 19.4. The van der Waals surface area contributed by atoms with Crippen LogP contribution in [-0.2, 0) is 15.8 Å². The number of aliphatic carboxylic acids is 1. The van der Waals surface area contributed by atoms with Gasteiger partial charge in [-0.1, -0.05) is 25.0 Å². The Labute approximate surface area is 125 Å². The third kappa shape index (κ3) is 3.58. The van der Waals surface area contributed by atoms with Crippen molar-refractivity contribution in [2.24, 2.45) is 11.8 Å². The van der Waals surface area contributed by atoms with Crippen molar-refractivity contribution < 1.29 is 27.9 Å². The molecule has 2 atom stereocenters. The van der Waals surface area contributed by atoms with E-state index in [1.54, 1.807) is 0 Å². The number of carboxylic acid groups (broad SMARTS) is 1. The van der Waals surface area contributed by atoms with Crippen LogP contribution in [0.2, 0.25) is 0 Å². The van der Waals surface area contributed by atoms with Crippen molar-refractivity contribution in [3.05, 3.63) is 29.8 Å². The number of halogens is 3. The van der Waals surface area contributed by atoms with E-state index >= 15 is 0 Å². The van der Waals surface area contributed by atoms with E-state index in [9.17, 15) is 22.8 Å². The summed E-state index contributed by atoms with van der Waals surface area (Å²) in [5, 5.41) is 11.4. The minimum Gasteiger partial charge on any atom is -0.481 e. The maximum atomic E-state index is 12.9. The van der Waals surface area contributed by atoms with Crippen LogP contribution in [-0.4, -0.2) is 17.0 Å². The normalized spacial score (nSPS) is 22.1. The maximum Gasteiger partial charge on any atom is 0.418 e. The molecule has 4 nitrogen and oxygen atoms in total. The van der Waals surface area contributed by atoms with Crippen LogP contribution < -0.4 is 5.32 Å². The molecule has 0 radical (unpaired) electrons. The standard InChI is InChI=1S/C15H16F3NO3/c16-15(17,18)11-7-3-4-8-12(11)19-13(20)9-5-1-2-6-10(9)14(21)22/h3-4,7-10H,1-2,5-6H2,(H,19,20)(H,21,22)/t9-,10+/m0/s1. The highest BCUT2D eigenvalue weighted by molar-refractivity contribution is 5.95. The van der Waals surface area contributed by atoms with E-state index in [0.29, 0.717) is 25.7 Å². The molecule has 1 aliphatic rings. The largest absolute Gasteiger partial charge is 0.481 e. The van der Waals surface area contributed by atoms with Gasteiger partial charge in [-0.2, -0.15) is 13.2 Å². The van der Waals surface area contributed by atoms with Gasteiger partial charge in [0.2, 0.25) is 5.91 Å². The Morgan fingerprint density at radius 3 is 2.27 bits per heavy atom. The second-order valence-corrected chi connectivity index (χ2v) is 5.37. The summed E-state index contributed by atoms with van der Waals surface area (Å²) in [7, 11) is 0. The van der Waals surface area contributed by atoms with Gasteiger partial charge in [0.05, 0.1) is 23.1 Å².